The Morgan fingerprint density at radius 2 is 1.64 bits per heavy atom. The van der Waals surface area contributed by atoms with Gasteiger partial charge in [0.15, 0.2) is 8.32 Å². The van der Waals surface area contributed by atoms with Crippen LogP contribution in [0.2, 0.25) is 18.1 Å². The summed E-state index contributed by atoms with van der Waals surface area (Å²) < 4.78 is 11.6. The molecule has 0 aliphatic carbocycles. The molecule has 25 heavy (non-hydrogen) atoms. The van der Waals surface area contributed by atoms with E-state index in [9.17, 15) is 10.1 Å². The number of carbonyl (C=O) groups is 1. The Bertz CT molecular complexity index is 598. The molecule has 0 saturated carbocycles. The quantitative estimate of drug-likeness (QED) is 0.490. The number of benzene rings is 1. The highest BCUT2D eigenvalue weighted by Gasteiger charge is 2.49. The molecule has 0 N–H and O–H groups in total. The molecule has 138 valence electrons. The first kappa shape index (κ1) is 21.2. The van der Waals surface area contributed by atoms with E-state index in [-0.39, 0.29) is 6.61 Å². The second-order valence-electron chi connectivity index (χ2n) is 6.30. The molecular formula is C19H30N2O3Si. The van der Waals surface area contributed by atoms with Crippen molar-refractivity contribution in [1.82, 2.24) is 0 Å². The smallest absolute Gasteiger partial charge is 0.357 e. The van der Waals surface area contributed by atoms with Gasteiger partial charge < -0.3 is 14.1 Å². The summed E-state index contributed by atoms with van der Waals surface area (Å²) in [5, 5.41) is 9.99. The molecular weight excluding hydrogens is 332 g/mol. The van der Waals surface area contributed by atoms with Gasteiger partial charge in [0.25, 0.3) is 5.60 Å². The van der Waals surface area contributed by atoms with Crippen LogP contribution in [0.25, 0.3) is 0 Å². The molecule has 0 fully saturated rings. The first-order chi connectivity index (χ1) is 11.8. The van der Waals surface area contributed by atoms with Crippen molar-refractivity contribution in [1.29, 1.82) is 5.26 Å². The van der Waals surface area contributed by atoms with Crippen LogP contribution < -0.4 is 4.90 Å². The van der Waals surface area contributed by atoms with Crippen LogP contribution in [0, 0.1) is 11.3 Å². The van der Waals surface area contributed by atoms with Gasteiger partial charge in [0.1, 0.15) is 6.07 Å². The van der Waals surface area contributed by atoms with Gasteiger partial charge in [-0.15, -0.1) is 0 Å². The van der Waals surface area contributed by atoms with Crippen molar-refractivity contribution in [2.75, 3.05) is 25.6 Å². The van der Waals surface area contributed by atoms with E-state index in [4.69, 9.17) is 9.16 Å². The van der Waals surface area contributed by atoms with E-state index in [0.29, 0.717) is 5.56 Å². The molecule has 0 radical (unpaired) electrons. The van der Waals surface area contributed by atoms with Gasteiger partial charge in [0.2, 0.25) is 0 Å². The average Bonchev–Trinajstić information content (AvgIpc) is 2.64. The Balaban J connectivity index is 3.46. The van der Waals surface area contributed by atoms with E-state index < -0.39 is 19.9 Å². The summed E-state index contributed by atoms with van der Waals surface area (Å²) in [6.45, 7) is 8.16. The van der Waals surface area contributed by atoms with Gasteiger partial charge in [-0.05, 0) is 37.2 Å². The van der Waals surface area contributed by atoms with Crippen molar-refractivity contribution in [2.45, 2.75) is 51.4 Å². The number of ether oxygens (including phenoxy) is 1. The molecule has 1 aromatic rings. The van der Waals surface area contributed by atoms with Gasteiger partial charge in [0.05, 0.1) is 6.61 Å². The van der Waals surface area contributed by atoms with Crippen LogP contribution >= 0.6 is 0 Å². The summed E-state index contributed by atoms with van der Waals surface area (Å²) in [5.41, 5.74) is -0.175. The van der Waals surface area contributed by atoms with E-state index in [1.54, 1.807) is 19.1 Å². The highest BCUT2D eigenvalue weighted by atomic mass is 28.4. The van der Waals surface area contributed by atoms with Crippen molar-refractivity contribution in [2.24, 2.45) is 0 Å². The van der Waals surface area contributed by atoms with Crippen LogP contribution in [-0.2, 0) is 19.6 Å². The predicted molar refractivity (Wildman–Crippen MR) is 103 cm³/mol. The number of anilines is 1. The Kier molecular flexibility index (Phi) is 7.65. The lowest BCUT2D eigenvalue weighted by atomic mass is 9.95. The van der Waals surface area contributed by atoms with Crippen LogP contribution in [0.4, 0.5) is 5.69 Å². The maximum atomic E-state index is 12.8. The number of hydrogen-bond acceptors (Lipinski definition) is 5. The molecule has 0 aliphatic heterocycles. The lowest BCUT2D eigenvalue weighted by Crippen LogP contribution is -2.50. The van der Waals surface area contributed by atoms with Crippen molar-refractivity contribution >= 4 is 20.0 Å². The van der Waals surface area contributed by atoms with Crippen molar-refractivity contribution < 1.29 is 14.0 Å². The summed E-state index contributed by atoms with van der Waals surface area (Å²) in [7, 11) is 1.67. The Labute approximate surface area is 152 Å². The number of nitriles is 1. The largest absolute Gasteiger partial charge is 0.463 e. The molecule has 0 heterocycles. The Hall–Kier alpha value is -1.84. The van der Waals surface area contributed by atoms with Crippen LogP contribution in [0.15, 0.2) is 24.3 Å². The summed E-state index contributed by atoms with van der Waals surface area (Å²) in [6, 6.07) is 12.0. The van der Waals surface area contributed by atoms with Gasteiger partial charge in [-0.2, -0.15) is 5.26 Å². The van der Waals surface area contributed by atoms with Crippen molar-refractivity contribution in [3.63, 3.8) is 0 Å². The highest BCUT2D eigenvalue weighted by Crippen LogP contribution is 2.36. The fraction of sp³-hybridized carbons (Fsp3) is 0.579. The second kappa shape index (κ2) is 9.02. The molecule has 0 amide bonds. The minimum absolute atomic E-state index is 0.209. The molecule has 0 spiro atoms. The number of rotatable bonds is 9. The van der Waals surface area contributed by atoms with Crippen LogP contribution in [0.3, 0.4) is 0 Å². The third-order valence-electron chi connectivity index (χ3n) is 4.81. The van der Waals surface area contributed by atoms with E-state index in [1.807, 2.05) is 31.1 Å². The third kappa shape index (κ3) is 4.41. The summed E-state index contributed by atoms with van der Waals surface area (Å²) in [5.74, 6) is -0.623. The second-order valence-corrected chi connectivity index (χ2v) is 11.0. The fourth-order valence-electron chi connectivity index (χ4n) is 2.87. The SMILES string of the molecule is CCOC(=O)C(C#N)(O[Si](CC)(CC)CC)c1ccc(N(C)C)cc1. The van der Waals surface area contributed by atoms with E-state index >= 15 is 0 Å². The summed E-state index contributed by atoms with van der Waals surface area (Å²) >= 11 is 0. The molecule has 1 unspecified atom stereocenters. The average molecular weight is 363 g/mol. The predicted octanol–water partition coefficient (Wildman–Crippen LogP) is 4.06. The molecule has 0 bridgehead atoms. The number of esters is 1. The van der Waals surface area contributed by atoms with Crippen LogP contribution in [0.5, 0.6) is 0 Å². The van der Waals surface area contributed by atoms with Gasteiger partial charge >= 0.3 is 5.97 Å². The monoisotopic (exact) mass is 362 g/mol. The molecule has 5 nitrogen and oxygen atoms in total. The lowest BCUT2D eigenvalue weighted by Gasteiger charge is -2.37. The topological polar surface area (TPSA) is 62.6 Å². The van der Waals surface area contributed by atoms with Crippen LogP contribution in [0.1, 0.15) is 33.3 Å². The zero-order valence-corrected chi connectivity index (χ0v) is 17.3. The Morgan fingerprint density at radius 3 is 2.00 bits per heavy atom. The standard InChI is InChI=1S/C19H30N2O3Si/c1-7-23-18(22)19(15-20,24-25(8-2,9-3)10-4)16-11-13-17(14-12-16)21(5)6/h11-14H,7-10H2,1-6H3. The number of carbonyl (C=O) groups excluding carboxylic acids is 1. The van der Waals surface area contributed by atoms with Crippen molar-refractivity contribution in [3.8, 4) is 6.07 Å². The van der Waals surface area contributed by atoms with E-state index in [0.717, 1.165) is 23.8 Å². The zero-order chi connectivity index (χ0) is 19.1. The van der Waals surface area contributed by atoms with Gasteiger partial charge in [0, 0.05) is 25.3 Å². The molecule has 6 heteroatoms. The van der Waals surface area contributed by atoms with E-state index in [1.165, 1.54) is 0 Å². The van der Waals surface area contributed by atoms with E-state index in [2.05, 4.69) is 26.8 Å². The molecule has 1 aromatic carbocycles. The molecule has 0 aromatic heterocycles. The first-order valence-electron chi connectivity index (χ1n) is 8.91. The Morgan fingerprint density at radius 1 is 1.12 bits per heavy atom. The maximum Gasteiger partial charge on any atom is 0.357 e. The fourth-order valence-corrected chi connectivity index (χ4v) is 5.70. The lowest BCUT2D eigenvalue weighted by molar-refractivity contribution is -0.158. The number of nitrogens with zero attached hydrogens (tertiary/aromatic N) is 2. The maximum absolute atomic E-state index is 12.8. The van der Waals surface area contributed by atoms with Crippen molar-refractivity contribution in [3.05, 3.63) is 29.8 Å². The van der Waals surface area contributed by atoms with Crippen LogP contribution in [-0.4, -0.2) is 35.0 Å². The molecule has 0 saturated heterocycles. The number of hydrogen-bond donors (Lipinski definition) is 0. The summed E-state index contributed by atoms with van der Waals surface area (Å²) in [4.78, 5) is 14.7. The van der Waals surface area contributed by atoms with Gasteiger partial charge in [-0.1, -0.05) is 32.9 Å². The minimum atomic E-state index is -2.22. The van der Waals surface area contributed by atoms with Gasteiger partial charge in [-0.3, -0.25) is 0 Å². The normalized spacial score (nSPS) is 13.6. The molecule has 0 aliphatic rings. The first-order valence-corrected chi connectivity index (χ1v) is 11.4. The van der Waals surface area contributed by atoms with Gasteiger partial charge in [-0.25, -0.2) is 4.79 Å². The molecule has 1 rings (SSSR count). The highest BCUT2D eigenvalue weighted by molar-refractivity contribution is 6.73. The zero-order valence-electron chi connectivity index (χ0n) is 16.3. The third-order valence-corrected chi connectivity index (χ3v) is 9.42. The summed E-state index contributed by atoms with van der Waals surface area (Å²) in [6.07, 6.45) is 0. The molecule has 1 atom stereocenters. The minimum Gasteiger partial charge on any atom is -0.463 e.